The quantitative estimate of drug-likeness (QED) is 0.436. The van der Waals surface area contributed by atoms with Crippen molar-refractivity contribution in [3.63, 3.8) is 0 Å². The molecule has 0 saturated carbocycles. The molecule has 0 aromatic heterocycles. The number of hydrogen-bond donors (Lipinski definition) is 2. The summed E-state index contributed by atoms with van der Waals surface area (Å²) in [5, 5.41) is 15.0. The Hall–Kier alpha value is -2.91. The lowest BCUT2D eigenvalue weighted by atomic mass is 9.50. The van der Waals surface area contributed by atoms with E-state index in [1.165, 1.54) is 6.92 Å². The number of likely N-dealkylation sites (tertiary alicyclic amines) is 1. The Balaban J connectivity index is 1.29. The van der Waals surface area contributed by atoms with E-state index in [1.807, 2.05) is 27.0 Å². The van der Waals surface area contributed by atoms with Crippen molar-refractivity contribution in [2.75, 3.05) is 20.7 Å². The van der Waals surface area contributed by atoms with Gasteiger partial charge in [0.25, 0.3) is 0 Å². The summed E-state index contributed by atoms with van der Waals surface area (Å²) in [6, 6.07) is 3.38. The first kappa shape index (κ1) is 27.6. The fourth-order valence-electron chi connectivity index (χ4n) is 7.23. The fraction of sp³-hybridized carbons (Fsp3) is 0.633. The van der Waals surface area contributed by atoms with Crippen LogP contribution in [0.25, 0.3) is 0 Å². The summed E-state index contributed by atoms with van der Waals surface area (Å²) in [5.74, 6) is 1.15. The monoisotopic (exact) mass is 540 g/mol. The topological polar surface area (TPSA) is 114 Å². The molecule has 39 heavy (non-hydrogen) atoms. The van der Waals surface area contributed by atoms with Gasteiger partial charge in [-0.2, -0.15) is 0 Å². The fourth-order valence-corrected chi connectivity index (χ4v) is 7.23. The number of amides is 1. The van der Waals surface area contributed by atoms with Crippen LogP contribution in [0.3, 0.4) is 0 Å². The summed E-state index contributed by atoms with van der Waals surface area (Å²) >= 11 is 0. The predicted molar refractivity (Wildman–Crippen MR) is 143 cm³/mol. The summed E-state index contributed by atoms with van der Waals surface area (Å²) < 4.78 is 18.0. The number of benzene rings is 1. The molecule has 212 valence electrons. The van der Waals surface area contributed by atoms with Gasteiger partial charge >= 0.3 is 5.97 Å². The molecule has 1 amide bonds. The highest BCUT2D eigenvalue weighted by Crippen LogP contribution is 2.65. The predicted octanol–water partition coefficient (Wildman–Crippen LogP) is 2.81. The molecule has 9 nitrogen and oxygen atoms in total. The number of methoxy groups -OCH3 is 1. The van der Waals surface area contributed by atoms with Crippen molar-refractivity contribution < 1.29 is 33.7 Å². The molecular weight excluding hydrogens is 500 g/mol. The lowest BCUT2D eigenvalue weighted by molar-refractivity contribution is -0.169. The van der Waals surface area contributed by atoms with E-state index in [-0.39, 0.29) is 36.5 Å². The largest absolute Gasteiger partial charge is 0.493 e. The first-order valence-electron chi connectivity index (χ1n) is 14.0. The van der Waals surface area contributed by atoms with Gasteiger partial charge in [-0.15, -0.1) is 0 Å². The van der Waals surface area contributed by atoms with Crippen molar-refractivity contribution in [1.29, 1.82) is 0 Å². The van der Waals surface area contributed by atoms with Gasteiger partial charge in [0.1, 0.15) is 5.76 Å². The number of nitrogens with zero attached hydrogens (tertiary/aromatic N) is 1. The third kappa shape index (κ3) is 4.43. The SMILES string of the molecule is COc1ccc2c3c1OC1C(OC(=O)CCCC(=O)NC(CC(C)C)C(C)=O)=CCC4(O)C(C2)N(C)CCC314. The van der Waals surface area contributed by atoms with E-state index in [0.29, 0.717) is 49.4 Å². The van der Waals surface area contributed by atoms with E-state index in [2.05, 4.69) is 16.3 Å². The molecule has 1 spiro atoms. The van der Waals surface area contributed by atoms with Crippen LogP contribution in [-0.2, 0) is 31.0 Å². The lowest BCUT2D eigenvalue weighted by Gasteiger charge is -2.61. The number of carbonyl (C=O) groups excluding carboxylic acids is 3. The molecule has 1 fully saturated rings. The Bertz CT molecular complexity index is 1210. The van der Waals surface area contributed by atoms with Crippen molar-refractivity contribution in [3.05, 3.63) is 35.1 Å². The maximum atomic E-state index is 12.9. The highest BCUT2D eigenvalue weighted by atomic mass is 16.6. The average molecular weight is 541 g/mol. The molecule has 5 unspecified atom stereocenters. The van der Waals surface area contributed by atoms with Gasteiger partial charge in [-0.25, -0.2) is 0 Å². The average Bonchev–Trinajstić information content (AvgIpc) is 3.23. The van der Waals surface area contributed by atoms with Crippen LogP contribution in [0, 0.1) is 5.92 Å². The second kappa shape index (κ2) is 10.2. The van der Waals surface area contributed by atoms with E-state index in [9.17, 15) is 19.5 Å². The number of likely N-dealkylation sites (N-methyl/N-ethyl adjacent to an activating group) is 1. The molecule has 9 heteroatoms. The van der Waals surface area contributed by atoms with Gasteiger partial charge in [-0.05, 0) is 69.8 Å². The highest BCUT2D eigenvalue weighted by molar-refractivity contribution is 5.87. The zero-order chi connectivity index (χ0) is 28.1. The number of hydrogen-bond acceptors (Lipinski definition) is 8. The lowest BCUT2D eigenvalue weighted by Crippen LogP contribution is -2.74. The number of ketones is 1. The summed E-state index contributed by atoms with van der Waals surface area (Å²) in [6.07, 6.45) is 3.95. The van der Waals surface area contributed by atoms with Gasteiger partial charge in [0.05, 0.1) is 24.2 Å². The normalized spacial score (nSPS) is 29.2. The minimum Gasteiger partial charge on any atom is -0.493 e. The number of esters is 1. The van der Waals surface area contributed by atoms with Crippen LogP contribution in [-0.4, -0.2) is 72.2 Å². The van der Waals surface area contributed by atoms with Crippen molar-refractivity contribution in [3.8, 4) is 11.5 Å². The first-order chi connectivity index (χ1) is 18.5. The third-order valence-electron chi connectivity index (χ3n) is 9.11. The van der Waals surface area contributed by atoms with Gasteiger partial charge in [-0.1, -0.05) is 19.9 Å². The van der Waals surface area contributed by atoms with Crippen molar-refractivity contribution >= 4 is 17.7 Å². The van der Waals surface area contributed by atoms with Crippen LogP contribution in [0.15, 0.2) is 24.0 Å². The smallest absolute Gasteiger partial charge is 0.310 e. The van der Waals surface area contributed by atoms with Gasteiger partial charge in [-0.3, -0.25) is 14.4 Å². The summed E-state index contributed by atoms with van der Waals surface area (Å²) in [7, 11) is 3.65. The summed E-state index contributed by atoms with van der Waals surface area (Å²) in [4.78, 5) is 39.4. The number of ether oxygens (including phenoxy) is 3. The molecule has 1 saturated heterocycles. The first-order valence-corrected chi connectivity index (χ1v) is 14.0. The van der Waals surface area contributed by atoms with Gasteiger partial charge in [0.2, 0.25) is 5.91 Å². The van der Waals surface area contributed by atoms with Crippen molar-refractivity contribution in [1.82, 2.24) is 10.2 Å². The van der Waals surface area contributed by atoms with Gasteiger partial charge < -0.3 is 29.5 Å². The maximum absolute atomic E-state index is 12.9. The summed E-state index contributed by atoms with van der Waals surface area (Å²) in [5.41, 5.74) is 0.323. The molecule has 1 aromatic carbocycles. The second-order valence-corrected chi connectivity index (χ2v) is 12.0. The van der Waals surface area contributed by atoms with Crippen LogP contribution in [0.5, 0.6) is 11.5 Å². The molecule has 2 heterocycles. The Kier molecular flexibility index (Phi) is 7.26. The maximum Gasteiger partial charge on any atom is 0.310 e. The Morgan fingerprint density at radius 2 is 2.03 bits per heavy atom. The Labute approximate surface area is 229 Å². The standard InChI is InChI=1S/C30H40N2O7/c1-17(2)15-20(18(3)33)31-24(34)7-6-8-25(35)38-22-11-12-30(36)23-16-19-9-10-21(37-5)27-26(19)29(30,28(22)39-27)13-14-32(23)4/h9-11,17,20,23,28,36H,6-8,12-16H2,1-5H3,(H,31,34). The molecule has 5 rings (SSSR count). The van der Waals surface area contributed by atoms with Crippen LogP contribution < -0.4 is 14.8 Å². The molecule has 5 atom stereocenters. The van der Waals surface area contributed by atoms with Crippen LogP contribution >= 0.6 is 0 Å². The van der Waals surface area contributed by atoms with E-state index >= 15 is 0 Å². The molecular formula is C30H40N2O7. The number of aliphatic hydroxyl groups is 1. The zero-order valence-corrected chi connectivity index (χ0v) is 23.5. The number of Topliss-reactive ketones (excluding diaryl/α,β-unsaturated/α-hetero) is 1. The molecule has 4 aliphatic rings. The van der Waals surface area contributed by atoms with Crippen molar-refractivity contribution in [2.45, 2.75) is 94.9 Å². The van der Waals surface area contributed by atoms with Crippen LogP contribution in [0.2, 0.25) is 0 Å². The van der Waals surface area contributed by atoms with Crippen LogP contribution in [0.4, 0.5) is 0 Å². The van der Waals surface area contributed by atoms with E-state index in [1.54, 1.807) is 13.2 Å². The Morgan fingerprint density at radius 3 is 2.72 bits per heavy atom. The Morgan fingerprint density at radius 1 is 1.26 bits per heavy atom. The summed E-state index contributed by atoms with van der Waals surface area (Å²) in [6.45, 7) is 6.27. The molecule has 2 aliphatic carbocycles. The number of nitrogens with one attached hydrogen (secondary N) is 1. The zero-order valence-electron chi connectivity index (χ0n) is 23.5. The molecule has 1 aromatic rings. The minimum atomic E-state index is -1.06. The second-order valence-electron chi connectivity index (χ2n) is 12.0. The number of piperidine rings is 1. The van der Waals surface area contributed by atoms with E-state index in [4.69, 9.17) is 14.2 Å². The van der Waals surface area contributed by atoms with E-state index < -0.39 is 29.1 Å². The van der Waals surface area contributed by atoms with Crippen LogP contribution in [0.1, 0.15) is 70.4 Å². The highest BCUT2D eigenvalue weighted by Gasteiger charge is 2.72. The van der Waals surface area contributed by atoms with Gasteiger partial charge in [0.15, 0.2) is 23.4 Å². The van der Waals surface area contributed by atoms with E-state index in [0.717, 1.165) is 17.7 Å². The molecule has 2 aliphatic heterocycles. The number of carbonyl (C=O) groups is 3. The van der Waals surface area contributed by atoms with Gasteiger partial charge in [0, 0.05) is 30.9 Å². The molecule has 2 N–H and O–H groups in total. The molecule has 0 radical (unpaired) electrons. The van der Waals surface area contributed by atoms with Crippen molar-refractivity contribution in [2.24, 2.45) is 5.92 Å². The number of rotatable bonds is 10. The minimum absolute atomic E-state index is 0.0521. The third-order valence-corrected chi connectivity index (χ3v) is 9.11. The molecule has 2 bridgehead atoms.